The summed E-state index contributed by atoms with van der Waals surface area (Å²) in [5.74, 6) is 1.68. The van der Waals surface area contributed by atoms with Crippen molar-refractivity contribution in [2.24, 2.45) is 10.7 Å². The van der Waals surface area contributed by atoms with E-state index >= 15 is 0 Å². The average Bonchev–Trinajstić information content (AvgIpc) is 2.89. The Kier molecular flexibility index (Phi) is 4.52. The largest absolute Gasteiger partial charge is 0.370 e. The van der Waals surface area contributed by atoms with E-state index in [1.807, 2.05) is 11.8 Å². The molecule has 1 aromatic heterocycles. The van der Waals surface area contributed by atoms with Crippen LogP contribution in [0.1, 0.15) is 26.0 Å². The van der Waals surface area contributed by atoms with E-state index in [1.165, 1.54) is 0 Å². The van der Waals surface area contributed by atoms with Crippen molar-refractivity contribution in [1.29, 1.82) is 0 Å². The standard InChI is InChI=1S/C12H21N5S/c1-3-9(2)15-11(13)14-5-4-10-8-17-6-7-18-12(17)16-10/h8-9H,3-7H2,1-2H3,(H3,13,14,15). The number of nitrogens with two attached hydrogens (primary N) is 1. The van der Waals surface area contributed by atoms with Crippen LogP contribution in [-0.4, -0.2) is 33.9 Å². The molecule has 18 heavy (non-hydrogen) atoms. The number of fused-ring (bicyclic) bond motifs is 1. The molecule has 0 saturated heterocycles. The van der Waals surface area contributed by atoms with Crippen LogP contribution in [0.15, 0.2) is 16.3 Å². The maximum atomic E-state index is 5.80. The molecule has 0 amide bonds. The van der Waals surface area contributed by atoms with Gasteiger partial charge in [0, 0.05) is 37.5 Å². The van der Waals surface area contributed by atoms with Crippen molar-refractivity contribution in [2.75, 3.05) is 12.3 Å². The van der Waals surface area contributed by atoms with E-state index in [0.717, 1.165) is 36.0 Å². The van der Waals surface area contributed by atoms with Gasteiger partial charge in [-0.25, -0.2) is 4.98 Å². The summed E-state index contributed by atoms with van der Waals surface area (Å²) >= 11 is 1.82. The third-order valence-corrected chi connectivity index (χ3v) is 3.98. The maximum Gasteiger partial charge on any atom is 0.188 e. The second kappa shape index (κ2) is 6.13. The molecule has 1 unspecified atom stereocenters. The summed E-state index contributed by atoms with van der Waals surface area (Å²) in [5.41, 5.74) is 6.90. The van der Waals surface area contributed by atoms with Crippen LogP contribution in [-0.2, 0) is 13.0 Å². The molecular weight excluding hydrogens is 246 g/mol. The Labute approximate surface area is 112 Å². The van der Waals surface area contributed by atoms with Crippen LogP contribution in [0.4, 0.5) is 0 Å². The van der Waals surface area contributed by atoms with E-state index < -0.39 is 0 Å². The molecule has 3 N–H and O–H groups in total. The molecule has 0 radical (unpaired) electrons. The Balaban J connectivity index is 1.79. The van der Waals surface area contributed by atoms with Gasteiger partial charge in [0.2, 0.25) is 0 Å². The number of aliphatic imine (C=N–C) groups is 1. The molecular formula is C12H21N5S. The lowest BCUT2D eigenvalue weighted by molar-refractivity contribution is 0.636. The minimum absolute atomic E-state index is 0.376. The van der Waals surface area contributed by atoms with E-state index in [0.29, 0.717) is 18.5 Å². The van der Waals surface area contributed by atoms with Gasteiger partial charge < -0.3 is 15.6 Å². The van der Waals surface area contributed by atoms with Crippen molar-refractivity contribution in [3.63, 3.8) is 0 Å². The fourth-order valence-electron chi connectivity index (χ4n) is 1.77. The Hall–Kier alpha value is -1.17. The van der Waals surface area contributed by atoms with Gasteiger partial charge in [-0.05, 0) is 13.3 Å². The molecule has 1 aliphatic rings. The SMILES string of the molecule is CCC(C)NC(N)=NCCc1cn2c(n1)SCC2. The number of aryl methyl sites for hydroxylation is 1. The molecule has 0 spiro atoms. The molecule has 0 aliphatic carbocycles. The van der Waals surface area contributed by atoms with Gasteiger partial charge in [-0.3, -0.25) is 4.99 Å². The second-order valence-corrected chi connectivity index (χ2v) is 5.59. The van der Waals surface area contributed by atoms with Crippen LogP contribution in [0, 0.1) is 0 Å². The number of nitrogens with one attached hydrogen (secondary N) is 1. The number of imidazole rings is 1. The third-order valence-electron chi connectivity index (χ3n) is 3.01. The smallest absolute Gasteiger partial charge is 0.188 e. The van der Waals surface area contributed by atoms with Crippen molar-refractivity contribution in [2.45, 2.75) is 44.4 Å². The Bertz CT molecular complexity index is 405. The molecule has 100 valence electrons. The van der Waals surface area contributed by atoms with Gasteiger partial charge in [-0.2, -0.15) is 0 Å². The normalized spacial score (nSPS) is 16.7. The first-order valence-electron chi connectivity index (χ1n) is 6.44. The number of hydrogen-bond donors (Lipinski definition) is 2. The van der Waals surface area contributed by atoms with E-state index in [1.54, 1.807) is 0 Å². The van der Waals surface area contributed by atoms with E-state index in [2.05, 4.69) is 39.9 Å². The van der Waals surface area contributed by atoms with E-state index in [4.69, 9.17) is 5.73 Å². The number of rotatable bonds is 5. The van der Waals surface area contributed by atoms with Crippen LogP contribution in [0.25, 0.3) is 0 Å². The first kappa shape index (κ1) is 13.3. The van der Waals surface area contributed by atoms with Crippen molar-refractivity contribution in [1.82, 2.24) is 14.9 Å². The summed E-state index contributed by atoms with van der Waals surface area (Å²) in [5, 5.41) is 4.29. The third kappa shape index (κ3) is 3.41. The zero-order valence-electron chi connectivity index (χ0n) is 11.0. The molecule has 2 heterocycles. The van der Waals surface area contributed by atoms with Gasteiger partial charge in [0.15, 0.2) is 11.1 Å². The maximum absolute atomic E-state index is 5.80. The van der Waals surface area contributed by atoms with Crippen LogP contribution < -0.4 is 11.1 Å². The number of guanidine groups is 1. The Morgan fingerprint density at radius 3 is 3.28 bits per heavy atom. The Morgan fingerprint density at radius 1 is 1.72 bits per heavy atom. The number of thioether (sulfide) groups is 1. The van der Waals surface area contributed by atoms with E-state index in [-0.39, 0.29) is 0 Å². The van der Waals surface area contributed by atoms with Gasteiger partial charge in [-0.15, -0.1) is 0 Å². The predicted octanol–water partition coefficient (Wildman–Crippen LogP) is 1.23. The number of aromatic nitrogens is 2. The summed E-state index contributed by atoms with van der Waals surface area (Å²) in [6.45, 7) is 5.99. The lowest BCUT2D eigenvalue weighted by atomic mass is 10.3. The highest BCUT2D eigenvalue weighted by Gasteiger charge is 2.13. The van der Waals surface area contributed by atoms with E-state index in [9.17, 15) is 0 Å². The van der Waals surface area contributed by atoms with Gasteiger partial charge in [0.25, 0.3) is 0 Å². The lowest BCUT2D eigenvalue weighted by Crippen LogP contribution is -2.38. The highest BCUT2D eigenvalue weighted by molar-refractivity contribution is 7.99. The zero-order valence-corrected chi connectivity index (χ0v) is 11.8. The minimum atomic E-state index is 0.376. The highest BCUT2D eigenvalue weighted by atomic mass is 32.2. The highest BCUT2D eigenvalue weighted by Crippen LogP contribution is 2.24. The molecule has 5 nitrogen and oxygen atoms in total. The molecule has 1 aromatic rings. The zero-order chi connectivity index (χ0) is 13.0. The summed E-state index contributed by atoms with van der Waals surface area (Å²) < 4.78 is 2.21. The van der Waals surface area contributed by atoms with Crippen LogP contribution >= 0.6 is 11.8 Å². The summed E-state index contributed by atoms with van der Waals surface area (Å²) in [4.78, 5) is 8.88. The first-order chi connectivity index (χ1) is 8.69. The van der Waals surface area contributed by atoms with Crippen LogP contribution in [0.2, 0.25) is 0 Å². The molecule has 2 rings (SSSR count). The summed E-state index contributed by atoms with van der Waals surface area (Å²) in [7, 11) is 0. The number of nitrogens with zero attached hydrogens (tertiary/aromatic N) is 3. The Morgan fingerprint density at radius 2 is 2.56 bits per heavy atom. The minimum Gasteiger partial charge on any atom is -0.370 e. The quantitative estimate of drug-likeness (QED) is 0.622. The van der Waals surface area contributed by atoms with Gasteiger partial charge in [0.05, 0.1) is 5.69 Å². The van der Waals surface area contributed by atoms with Gasteiger partial charge in [0.1, 0.15) is 0 Å². The topological polar surface area (TPSA) is 68.2 Å². The molecule has 1 atom stereocenters. The lowest BCUT2D eigenvalue weighted by Gasteiger charge is -2.11. The van der Waals surface area contributed by atoms with Gasteiger partial charge >= 0.3 is 0 Å². The molecule has 0 saturated carbocycles. The van der Waals surface area contributed by atoms with Crippen molar-refractivity contribution in [3.8, 4) is 0 Å². The molecule has 0 fully saturated rings. The molecule has 6 heteroatoms. The molecule has 0 aromatic carbocycles. The first-order valence-corrected chi connectivity index (χ1v) is 7.43. The van der Waals surface area contributed by atoms with Crippen LogP contribution in [0.5, 0.6) is 0 Å². The second-order valence-electron chi connectivity index (χ2n) is 4.53. The number of hydrogen-bond acceptors (Lipinski definition) is 3. The average molecular weight is 267 g/mol. The van der Waals surface area contributed by atoms with Gasteiger partial charge in [-0.1, -0.05) is 18.7 Å². The fourth-order valence-corrected chi connectivity index (χ4v) is 2.74. The fraction of sp³-hybridized carbons (Fsp3) is 0.667. The summed E-state index contributed by atoms with van der Waals surface area (Å²) in [6, 6.07) is 0.376. The summed E-state index contributed by atoms with van der Waals surface area (Å²) in [6.07, 6.45) is 4.02. The van der Waals surface area contributed by atoms with Crippen molar-refractivity contribution >= 4 is 17.7 Å². The molecule has 1 aliphatic heterocycles. The predicted molar refractivity (Wildman–Crippen MR) is 76.0 cm³/mol. The molecule has 0 bridgehead atoms. The van der Waals surface area contributed by atoms with Crippen LogP contribution in [0.3, 0.4) is 0 Å². The van der Waals surface area contributed by atoms with Crippen molar-refractivity contribution < 1.29 is 0 Å². The monoisotopic (exact) mass is 267 g/mol. The van der Waals surface area contributed by atoms with Crippen molar-refractivity contribution in [3.05, 3.63) is 11.9 Å².